The van der Waals surface area contributed by atoms with Gasteiger partial charge in [0, 0.05) is 11.1 Å². The van der Waals surface area contributed by atoms with Crippen LogP contribution in [0.1, 0.15) is 5.56 Å². The van der Waals surface area contributed by atoms with Gasteiger partial charge in [-0.3, -0.25) is 4.79 Å². The standard InChI is InChI=1S/C11H8Cl2N2O/c1-6-4-10(14-15-11(6)16)7-2-3-8(12)9(13)5-7/h2-5H,1H3,(H,15,16). The van der Waals surface area contributed by atoms with Gasteiger partial charge in [-0.05, 0) is 25.1 Å². The number of H-pyrrole nitrogens is 1. The third-order valence-electron chi connectivity index (χ3n) is 2.20. The Morgan fingerprint density at radius 3 is 2.56 bits per heavy atom. The number of hydrogen-bond acceptors (Lipinski definition) is 2. The molecule has 0 aliphatic heterocycles. The molecular weight excluding hydrogens is 247 g/mol. The van der Waals surface area contributed by atoms with Crippen molar-refractivity contribution >= 4 is 23.2 Å². The van der Waals surface area contributed by atoms with Crippen LogP contribution in [-0.2, 0) is 0 Å². The number of rotatable bonds is 1. The van der Waals surface area contributed by atoms with E-state index in [0.717, 1.165) is 5.56 Å². The van der Waals surface area contributed by atoms with Crippen LogP contribution in [0.15, 0.2) is 29.1 Å². The van der Waals surface area contributed by atoms with Gasteiger partial charge in [-0.2, -0.15) is 5.10 Å². The molecule has 0 saturated heterocycles. The smallest absolute Gasteiger partial charge is 0.267 e. The lowest BCUT2D eigenvalue weighted by molar-refractivity contribution is 0.976. The van der Waals surface area contributed by atoms with Crippen molar-refractivity contribution in [2.24, 2.45) is 0 Å². The molecule has 1 aromatic heterocycles. The van der Waals surface area contributed by atoms with Crippen LogP contribution < -0.4 is 5.56 Å². The van der Waals surface area contributed by atoms with Gasteiger partial charge in [0.25, 0.3) is 5.56 Å². The van der Waals surface area contributed by atoms with Crippen molar-refractivity contribution in [2.75, 3.05) is 0 Å². The van der Waals surface area contributed by atoms with Crippen molar-refractivity contribution < 1.29 is 0 Å². The normalized spacial score (nSPS) is 10.4. The van der Waals surface area contributed by atoms with Crippen molar-refractivity contribution in [1.29, 1.82) is 0 Å². The summed E-state index contributed by atoms with van der Waals surface area (Å²) in [4.78, 5) is 11.2. The van der Waals surface area contributed by atoms with Crippen LogP contribution in [0.2, 0.25) is 10.0 Å². The summed E-state index contributed by atoms with van der Waals surface area (Å²) in [6.45, 7) is 1.72. The maximum atomic E-state index is 11.2. The summed E-state index contributed by atoms with van der Waals surface area (Å²) in [5.74, 6) is 0. The maximum absolute atomic E-state index is 11.2. The molecule has 0 aliphatic rings. The number of aromatic amines is 1. The second-order valence-electron chi connectivity index (χ2n) is 3.39. The minimum atomic E-state index is -0.191. The van der Waals surface area contributed by atoms with Crippen LogP contribution in [0.4, 0.5) is 0 Å². The van der Waals surface area contributed by atoms with E-state index in [9.17, 15) is 4.79 Å². The summed E-state index contributed by atoms with van der Waals surface area (Å²) >= 11 is 11.7. The average Bonchev–Trinajstić information content (AvgIpc) is 2.26. The van der Waals surface area contributed by atoms with E-state index in [-0.39, 0.29) is 5.56 Å². The zero-order valence-electron chi connectivity index (χ0n) is 8.42. The lowest BCUT2D eigenvalue weighted by Crippen LogP contribution is -2.11. The summed E-state index contributed by atoms with van der Waals surface area (Å²) in [7, 11) is 0. The number of nitrogens with zero attached hydrogens (tertiary/aromatic N) is 1. The molecule has 0 unspecified atom stereocenters. The van der Waals surface area contributed by atoms with E-state index in [1.165, 1.54) is 0 Å². The Bertz CT molecular complexity index is 593. The van der Waals surface area contributed by atoms with Gasteiger partial charge in [0.15, 0.2) is 0 Å². The first-order chi connectivity index (χ1) is 7.58. The van der Waals surface area contributed by atoms with Crippen LogP contribution in [0.25, 0.3) is 11.3 Å². The van der Waals surface area contributed by atoms with Crippen LogP contribution >= 0.6 is 23.2 Å². The summed E-state index contributed by atoms with van der Waals surface area (Å²) in [6, 6.07) is 6.91. The fourth-order valence-electron chi connectivity index (χ4n) is 1.31. The summed E-state index contributed by atoms with van der Waals surface area (Å²) in [5, 5.41) is 7.31. The van der Waals surface area contributed by atoms with Crippen molar-refractivity contribution in [3.8, 4) is 11.3 Å². The van der Waals surface area contributed by atoms with Gasteiger partial charge >= 0.3 is 0 Å². The molecule has 0 spiro atoms. The fourth-order valence-corrected chi connectivity index (χ4v) is 1.60. The summed E-state index contributed by atoms with van der Waals surface area (Å²) in [5.41, 5.74) is 1.89. The SMILES string of the molecule is Cc1cc(-c2ccc(Cl)c(Cl)c2)n[nH]c1=O. The van der Waals surface area contributed by atoms with E-state index in [0.29, 0.717) is 21.3 Å². The Morgan fingerprint density at radius 2 is 1.94 bits per heavy atom. The van der Waals surface area contributed by atoms with Gasteiger partial charge < -0.3 is 0 Å². The Kier molecular flexibility index (Phi) is 2.99. The first-order valence-electron chi connectivity index (χ1n) is 4.59. The van der Waals surface area contributed by atoms with Crippen LogP contribution in [0, 0.1) is 6.92 Å². The molecule has 0 atom stereocenters. The lowest BCUT2D eigenvalue weighted by Gasteiger charge is -2.02. The first-order valence-corrected chi connectivity index (χ1v) is 5.35. The topological polar surface area (TPSA) is 45.8 Å². The van der Waals surface area contributed by atoms with Gasteiger partial charge in [0.05, 0.1) is 15.7 Å². The molecule has 82 valence electrons. The molecule has 1 heterocycles. The molecule has 0 amide bonds. The number of nitrogens with one attached hydrogen (secondary N) is 1. The van der Waals surface area contributed by atoms with Gasteiger partial charge in [0.2, 0.25) is 0 Å². The molecule has 1 N–H and O–H groups in total. The maximum Gasteiger partial charge on any atom is 0.267 e. The van der Waals surface area contributed by atoms with Crippen molar-refractivity contribution in [3.63, 3.8) is 0 Å². The number of aromatic nitrogens is 2. The predicted molar refractivity (Wildman–Crippen MR) is 65.1 cm³/mol. The first kappa shape index (κ1) is 11.2. The highest BCUT2D eigenvalue weighted by atomic mass is 35.5. The zero-order valence-corrected chi connectivity index (χ0v) is 9.93. The zero-order chi connectivity index (χ0) is 11.7. The van der Waals surface area contributed by atoms with Gasteiger partial charge in [-0.15, -0.1) is 0 Å². The molecule has 3 nitrogen and oxygen atoms in total. The minimum Gasteiger partial charge on any atom is -0.268 e. The average molecular weight is 255 g/mol. The second-order valence-corrected chi connectivity index (χ2v) is 4.21. The highest BCUT2D eigenvalue weighted by Gasteiger charge is 2.04. The minimum absolute atomic E-state index is 0.191. The third-order valence-corrected chi connectivity index (χ3v) is 2.94. The lowest BCUT2D eigenvalue weighted by atomic mass is 10.1. The van der Waals surface area contributed by atoms with Crippen molar-refractivity contribution in [3.05, 3.63) is 50.2 Å². The number of halogens is 2. The molecule has 0 fully saturated rings. The fraction of sp³-hybridized carbons (Fsp3) is 0.0909. The van der Waals surface area contributed by atoms with E-state index in [2.05, 4.69) is 10.2 Å². The Hall–Kier alpha value is -1.32. The summed E-state index contributed by atoms with van der Waals surface area (Å²) < 4.78 is 0. The van der Waals surface area contributed by atoms with Gasteiger partial charge in [-0.25, -0.2) is 5.10 Å². The number of benzene rings is 1. The van der Waals surface area contributed by atoms with Crippen molar-refractivity contribution in [2.45, 2.75) is 6.92 Å². The van der Waals surface area contributed by atoms with E-state index in [1.807, 2.05) is 0 Å². The molecule has 0 bridgehead atoms. The van der Waals surface area contributed by atoms with Crippen molar-refractivity contribution in [1.82, 2.24) is 10.2 Å². The quantitative estimate of drug-likeness (QED) is 0.851. The van der Waals surface area contributed by atoms with E-state index in [1.54, 1.807) is 31.2 Å². The highest BCUT2D eigenvalue weighted by Crippen LogP contribution is 2.27. The van der Waals surface area contributed by atoms with E-state index in [4.69, 9.17) is 23.2 Å². The molecule has 0 aliphatic carbocycles. The molecular formula is C11H8Cl2N2O. The molecule has 5 heteroatoms. The van der Waals surface area contributed by atoms with E-state index < -0.39 is 0 Å². The number of hydrogen-bond donors (Lipinski definition) is 1. The van der Waals surface area contributed by atoms with Crippen LogP contribution in [0.5, 0.6) is 0 Å². The largest absolute Gasteiger partial charge is 0.268 e. The molecule has 2 rings (SSSR count). The molecule has 0 radical (unpaired) electrons. The molecule has 1 aromatic carbocycles. The van der Waals surface area contributed by atoms with Gasteiger partial charge in [-0.1, -0.05) is 29.3 Å². The predicted octanol–water partition coefficient (Wildman–Crippen LogP) is 3.05. The van der Waals surface area contributed by atoms with Crippen LogP contribution in [0.3, 0.4) is 0 Å². The number of aryl methyl sites for hydroxylation is 1. The Morgan fingerprint density at radius 1 is 1.19 bits per heavy atom. The molecule has 2 aromatic rings. The van der Waals surface area contributed by atoms with Gasteiger partial charge in [0.1, 0.15) is 0 Å². The molecule has 0 saturated carbocycles. The second kappa shape index (κ2) is 4.28. The molecule has 16 heavy (non-hydrogen) atoms. The third kappa shape index (κ3) is 2.10. The highest BCUT2D eigenvalue weighted by molar-refractivity contribution is 6.42. The monoisotopic (exact) mass is 254 g/mol. The Labute approximate surface area is 102 Å². The summed E-state index contributed by atoms with van der Waals surface area (Å²) in [6.07, 6.45) is 0. The van der Waals surface area contributed by atoms with Crippen LogP contribution in [-0.4, -0.2) is 10.2 Å². The van der Waals surface area contributed by atoms with E-state index >= 15 is 0 Å². The Balaban J connectivity index is 2.54.